The Labute approximate surface area is 134 Å². The van der Waals surface area contributed by atoms with Gasteiger partial charge in [0, 0.05) is 11.7 Å². The first-order valence-electron chi connectivity index (χ1n) is 6.71. The van der Waals surface area contributed by atoms with E-state index in [1.54, 1.807) is 42.5 Å². The quantitative estimate of drug-likeness (QED) is 0.631. The molecule has 0 aliphatic rings. The van der Waals surface area contributed by atoms with Crippen molar-refractivity contribution in [3.05, 3.63) is 65.2 Å². The van der Waals surface area contributed by atoms with Gasteiger partial charge in [-0.15, -0.1) is 0 Å². The van der Waals surface area contributed by atoms with E-state index in [0.717, 1.165) is 0 Å². The number of thiol groups is 1. The molecule has 22 heavy (non-hydrogen) atoms. The molecule has 0 radical (unpaired) electrons. The van der Waals surface area contributed by atoms with Crippen molar-refractivity contribution in [1.29, 1.82) is 0 Å². The predicted molar refractivity (Wildman–Crippen MR) is 87.1 cm³/mol. The van der Waals surface area contributed by atoms with Crippen LogP contribution in [0.25, 0.3) is 0 Å². The van der Waals surface area contributed by atoms with Crippen molar-refractivity contribution in [2.75, 3.05) is 7.11 Å². The normalized spacial score (nSPS) is 11.7. The molecule has 0 unspecified atom stereocenters. The third kappa shape index (κ3) is 3.49. The van der Waals surface area contributed by atoms with Gasteiger partial charge in [0.05, 0.1) is 18.2 Å². The van der Waals surface area contributed by atoms with Gasteiger partial charge in [0.2, 0.25) is 0 Å². The van der Waals surface area contributed by atoms with Crippen LogP contribution in [0, 0.1) is 0 Å². The second-order valence-electron chi connectivity index (χ2n) is 4.74. The van der Waals surface area contributed by atoms with Crippen LogP contribution in [0.15, 0.2) is 48.5 Å². The van der Waals surface area contributed by atoms with Crippen LogP contribution < -0.4 is 4.74 Å². The highest BCUT2D eigenvalue weighted by Crippen LogP contribution is 2.30. The number of benzene rings is 2. The average Bonchev–Trinajstić information content (AvgIpc) is 2.54. The van der Waals surface area contributed by atoms with Crippen LogP contribution >= 0.6 is 12.6 Å². The molecule has 1 atom stereocenters. The summed E-state index contributed by atoms with van der Waals surface area (Å²) in [5.74, 6) is -0.670. The van der Waals surface area contributed by atoms with E-state index in [-0.39, 0.29) is 17.8 Å². The number of ketones is 1. The van der Waals surface area contributed by atoms with Crippen molar-refractivity contribution >= 4 is 24.4 Å². The van der Waals surface area contributed by atoms with Gasteiger partial charge < -0.3 is 9.84 Å². The van der Waals surface area contributed by atoms with E-state index in [1.807, 2.05) is 0 Å². The Kier molecular flexibility index (Phi) is 5.22. The lowest BCUT2D eigenvalue weighted by atomic mass is 9.98. The van der Waals surface area contributed by atoms with Crippen molar-refractivity contribution in [2.45, 2.75) is 11.7 Å². The van der Waals surface area contributed by atoms with Gasteiger partial charge >= 0.3 is 5.97 Å². The van der Waals surface area contributed by atoms with Gasteiger partial charge in [0.1, 0.15) is 5.75 Å². The largest absolute Gasteiger partial charge is 0.496 e. The summed E-state index contributed by atoms with van der Waals surface area (Å²) in [7, 11) is 1.50. The van der Waals surface area contributed by atoms with Crippen molar-refractivity contribution < 1.29 is 19.4 Å². The van der Waals surface area contributed by atoms with E-state index < -0.39 is 11.2 Å². The highest BCUT2D eigenvalue weighted by molar-refractivity contribution is 7.80. The summed E-state index contributed by atoms with van der Waals surface area (Å²) in [5, 5.41) is 8.71. The molecule has 0 bridgehead atoms. The molecule has 2 aromatic rings. The molecule has 0 amide bonds. The molecule has 114 valence electrons. The number of carboxylic acid groups (broad SMARTS) is 1. The molecule has 0 saturated heterocycles. The topological polar surface area (TPSA) is 63.6 Å². The fourth-order valence-electron chi connectivity index (χ4n) is 2.25. The molecule has 0 aliphatic carbocycles. The number of ether oxygens (including phenoxy) is 1. The van der Waals surface area contributed by atoms with Gasteiger partial charge in [-0.3, -0.25) is 4.79 Å². The van der Waals surface area contributed by atoms with E-state index in [4.69, 9.17) is 4.74 Å². The molecule has 0 fully saturated rings. The second kappa shape index (κ2) is 7.13. The highest BCUT2D eigenvalue weighted by atomic mass is 32.1. The highest BCUT2D eigenvalue weighted by Gasteiger charge is 2.20. The molecule has 5 heteroatoms. The van der Waals surface area contributed by atoms with Gasteiger partial charge in [-0.1, -0.05) is 30.3 Å². The molecule has 0 aliphatic heterocycles. The van der Waals surface area contributed by atoms with E-state index in [0.29, 0.717) is 16.9 Å². The maximum absolute atomic E-state index is 12.4. The number of carboxylic acids is 1. The molecule has 0 heterocycles. The maximum Gasteiger partial charge on any atom is 0.336 e. The van der Waals surface area contributed by atoms with Gasteiger partial charge in [-0.25, -0.2) is 4.79 Å². The van der Waals surface area contributed by atoms with Gasteiger partial charge in [-0.05, 0) is 23.8 Å². The molecule has 0 spiro atoms. The minimum atomic E-state index is -1.03. The molecule has 1 N–H and O–H groups in total. The summed E-state index contributed by atoms with van der Waals surface area (Å²) < 4.78 is 5.18. The minimum Gasteiger partial charge on any atom is -0.496 e. The summed E-state index contributed by atoms with van der Waals surface area (Å²) in [5.41, 5.74) is 1.16. The van der Waals surface area contributed by atoms with Crippen LogP contribution in [0.5, 0.6) is 5.75 Å². The molecular weight excluding hydrogens is 300 g/mol. The lowest BCUT2D eigenvalue weighted by Crippen LogP contribution is -2.09. The second-order valence-corrected chi connectivity index (χ2v) is 5.36. The van der Waals surface area contributed by atoms with E-state index in [1.165, 1.54) is 13.2 Å². The lowest BCUT2D eigenvalue weighted by molar-refractivity contribution is 0.0694. The summed E-state index contributed by atoms with van der Waals surface area (Å²) in [6.07, 6.45) is 0.0910. The Balaban J connectivity index is 2.24. The Bertz CT molecular complexity index is 697. The zero-order valence-corrected chi connectivity index (χ0v) is 12.9. The van der Waals surface area contributed by atoms with Gasteiger partial charge in [0.25, 0.3) is 0 Å². The number of hydrogen-bond acceptors (Lipinski definition) is 4. The van der Waals surface area contributed by atoms with E-state index >= 15 is 0 Å². The van der Waals surface area contributed by atoms with Crippen LogP contribution in [0.4, 0.5) is 0 Å². The fourth-order valence-corrected chi connectivity index (χ4v) is 2.64. The number of Topliss-reactive ketones (excluding diaryl/α,β-unsaturated/α-hetero) is 1. The van der Waals surface area contributed by atoms with Crippen molar-refractivity contribution in [2.24, 2.45) is 0 Å². The lowest BCUT2D eigenvalue weighted by Gasteiger charge is -2.14. The Hall–Kier alpha value is -2.27. The summed E-state index contributed by atoms with van der Waals surface area (Å²) in [6.45, 7) is 0. The van der Waals surface area contributed by atoms with Crippen LogP contribution in [0.3, 0.4) is 0 Å². The van der Waals surface area contributed by atoms with Gasteiger partial charge in [-0.2, -0.15) is 12.6 Å². The Morgan fingerprint density at radius 1 is 1.09 bits per heavy atom. The zero-order chi connectivity index (χ0) is 16.1. The number of hydrogen-bond donors (Lipinski definition) is 2. The van der Waals surface area contributed by atoms with Crippen molar-refractivity contribution in [3.63, 3.8) is 0 Å². The number of carbonyl (C=O) groups is 2. The van der Waals surface area contributed by atoms with Crippen LogP contribution in [-0.4, -0.2) is 24.0 Å². The summed E-state index contributed by atoms with van der Waals surface area (Å²) in [6, 6.07) is 13.5. The number of carbonyl (C=O) groups excluding carboxylic acids is 1. The van der Waals surface area contributed by atoms with Crippen LogP contribution in [0.1, 0.15) is 38.0 Å². The monoisotopic (exact) mass is 316 g/mol. The summed E-state index contributed by atoms with van der Waals surface area (Å²) in [4.78, 5) is 23.7. The van der Waals surface area contributed by atoms with Crippen molar-refractivity contribution in [1.82, 2.24) is 0 Å². The van der Waals surface area contributed by atoms with E-state index in [9.17, 15) is 14.7 Å². The molecule has 0 aromatic heterocycles. The smallest absolute Gasteiger partial charge is 0.336 e. The molecule has 0 saturated carbocycles. The standard InChI is InChI=1S/C17H16O4S/c1-21-15-9-5-4-8-13(15)14(18)10-16(22)11-6-2-3-7-12(11)17(19)20/h2-9,16,22H,10H2,1H3,(H,19,20)/t16-/m0/s1. The van der Waals surface area contributed by atoms with Crippen molar-refractivity contribution in [3.8, 4) is 5.75 Å². The summed E-state index contributed by atoms with van der Waals surface area (Å²) >= 11 is 4.41. The number of rotatable bonds is 6. The Morgan fingerprint density at radius 2 is 1.68 bits per heavy atom. The van der Waals surface area contributed by atoms with Crippen LogP contribution in [-0.2, 0) is 0 Å². The average molecular weight is 316 g/mol. The predicted octanol–water partition coefficient (Wildman–Crippen LogP) is 3.64. The number of para-hydroxylation sites is 1. The number of aromatic carboxylic acids is 1. The molecule has 2 rings (SSSR count). The maximum atomic E-state index is 12.4. The fraction of sp³-hybridized carbons (Fsp3) is 0.176. The Morgan fingerprint density at radius 3 is 2.32 bits per heavy atom. The zero-order valence-electron chi connectivity index (χ0n) is 12.0. The first-order valence-corrected chi connectivity index (χ1v) is 7.22. The minimum absolute atomic E-state index is 0.0910. The third-order valence-corrected chi connectivity index (χ3v) is 3.80. The van der Waals surface area contributed by atoms with E-state index in [2.05, 4.69) is 12.6 Å². The number of methoxy groups -OCH3 is 1. The molecule has 4 nitrogen and oxygen atoms in total. The van der Waals surface area contributed by atoms with Gasteiger partial charge in [0.15, 0.2) is 5.78 Å². The third-order valence-electron chi connectivity index (χ3n) is 3.34. The molecular formula is C17H16O4S. The first-order chi connectivity index (χ1) is 10.5. The SMILES string of the molecule is COc1ccccc1C(=O)C[C@H](S)c1ccccc1C(=O)O. The molecule has 2 aromatic carbocycles. The first kappa shape index (κ1) is 16.1. The van der Waals surface area contributed by atoms with Crippen LogP contribution in [0.2, 0.25) is 0 Å².